The standard InChI is InChI=1S/C18H22ClN3O/c19-16-7-3-6-14(10-16)18-20-17(23-21-18)12-22-9-8-13-4-1-2-5-15(13)11-22/h3,6-7,10,13,15H,1-2,4-5,8-9,11-12H2/t13-,15-/m0/s1. The van der Waals surface area contributed by atoms with Gasteiger partial charge >= 0.3 is 0 Å². The van der Waals surface area contributed by atoms with E-state index in [-0.39, 0.29) is 0 Å². The third kappa shape index (κ3) is 3.43. The van der Waals surface area contributed by atoms with Gasteiger partial charge in [-0.15, -0.1) is 0 Å². The maximum absolute atomic E-state index is 6.03. The highest BCUT2D eigenvalue weighted by Gasteiger charge is 2.31. The van der Waals surface area contributed by atoms with E-state index in [9.17, 15) is 0 Å². The molecule has 1 saturated heterocycles. The molecule has 1 aromatic carbocycles. The summed E-state index contributed by atoms with van der Waals surface area (Å²) >= 11 is 6.03. The zero-order valence-electron chi connectivity index (χ0n) is 13.2. The first-order valence-electron chi connectivity index (χ1n) is 8.59. The van der Waals surface area contributed by atoms with Crippen LogP contribution in [-0.2, 0) is 6.54 Å². The van der Waals surface area contributed by atoms with Crippen LogP contribution in [0.3, 0.4) is 0 Å². The summed E-state index contributed by atoms with van der Waals surface area (Å²) in [5, 5.41) is 4.79. The quantitative estimate of drug-likeness (QED) is 0.835. The van der Waals surface area contributed by atoms with Crippen molar-refractivity contribution >= 4 is 11.6 Å². The molecular formula is C18H22ClN3O. The van der Waals surface area contributed by atoms with Gasteiger partial charge in [-0.3, -0.25) is 4.90 Å². The first kappa shape index (κ1) is 15.2. The van der Waals surface area contributed by atoms with Crippen LogP contribution in [0.15, 0.2) is 28.8 Å². The predicted molar refractivity (Wildman–Crippen MR) is 90.1 cm³/mol. The van der Waals surface area contributed by atoms with Crippen LogP contribution in [0.25, 0.3) is 11.4 Å². The van der Waals surface area contributed by atoms with Crippen molar-refractivity contribution in [1.82, 2.24) is 15.0 Å². The van der Waals surface area contributed by atoms with Gasteiger partial charge < -0.3 is 4.52 Å². The van der Waals surface area contributed by atoms with Gasteiger partial charge in [0.1, 0.15) is 0 Å². The van der Waals surface area contributed by atoms with Crippen LogP contribution in [0.5, 0.6) is 0 Å². The smallest absolute Gasteiger partial charge is 0.241 e. The maximum Gasteiger partial charge on any atom is 0.241 e. The average molecular weight is 332 g/mol. The molecule has 2 fully saturated rings. The van der Waals surface area contributed by atoms with Gasteiger partial charge in [0.2, 0.25) is 11.7 Å². The minimum absolute atomic E-state index is 0.620. The number of rotatable bonds is 3. The molecule has 23 heavy (non-hydrogen) atoms. The van der Waals surface area contributed by atoms with Crippen molar-refractivity contribution in [3.05, 3.63) is 35.2 Å². The number of hydrogen-bond donors (Lipinski definition) is 0. The molecule has 1 aliphatic heterocycles. The van der Waals surface area contributed by atoms with E-state index in [4.69, 9.17) is 16.1 Å². The SMILES string of the molecule is Clc1cccc(-c2noc(CN3CC[C@@H]4CCCC[C@H]4C3)n2)c1. The minimum Gasteiger partial charge on any atom is -0.338 e. The van der Waals surface area contributed by atoms with E-state index in [1.165, 1.54) is 38.6 Å². The molecule has 4 rings (SSSR count). The Kier molecular flexibility index (Phi) is 4.36. The number of nitrogens with zero attached hydrogens (tertiary/aromatic N) is 3. The number of piperidine rings is 1. The molecule has 2 heterocycles. The summed E-state index contributed by atoms with van der Waals surface area (Å²) in [4.78, 5) is 7.02. The zero-order chi connectivity index (χ0) is 15.6. The molecule has 0 bridgehead atoms. The number of likely N-dealkylation sites (tertiary alicyclic amines) is 1. The normalized spacial score (nSPS) is 25.3. The van der Waals surface area contributed by atoms with Crippen LogP contribution < -0.4 is 0 Å². The molecule has 0 N–H and O–H groups in total. The van der Waals surface area contributed by atoms with Crippen molar-refractivity contribution < 1.29 is 4.52 Å². The lowest BCUT2D eigenvalue weighted by Gasteiger charge is -2.40. The van der Waals surface area contributed by atoms with Gasteiger partial charge in [-0.05, 0) is 43.4 Å². The van der Waals surface area contributed by atoms with Crippen molar-refractivity contribution in [2.75, 3.05) is 13.1 Å². The molecule has 122 valence electrons. The summed E-state index contributed by atoms with van der Waals surface area (Å²) in [7, 11) is 0. The Morgan fingerprint density at radius 3 is 2.91 bits per heavy atom. The largest absolute Gasteiger partial charge is 0.338 e. The van der Waals surface area contributed by atoms with E-state index in [2.05, 4.69) is 15.0 Å². The van der Waals surface area contributed by atoms with Crippen molar-refractivity contribution in [3.63, 3.8) is 0 Å². The highest BCUT2D eigenvalue weighted by molar-refractivity contribution is 6.30. The highest BCUT2D eigenvalue weighted by Crippen LogP contribution is 2.36. The van der Waals surface area contributed by atoms with Gasteiger partial charge in [-0.2, -0.15) is 4.98 Å². The first-order valence-corrected chi connectivity index (χ1v) is 8.96. The molecule has 0 radical (unpaired) electrons. The first-order chi connectivity index (χ1) is 11.3. The van der Waals surface area contributed by atoms with Crippen LogP contribution in [0, 0.1) is 11.8 Å². The van der Waals surface area contributed by atoms with Crippen LogP contribution in [0.4, 0.5) is 0 Å². The van der Waals surface area contributed by atoms with Crippen molar-refractivity contribution in [2.24, 2.45) is 11.8 Å². The summed E-state index contributed by atoms with van der Waals surface area (Å²) in [5.41, 5.74) is 0.901. The van der Waals surface area contributed by atoms with Gasteiger partial charge in [-0.25, -0.2) is 0 Å². The molecule has 0 unspecified atom stereocenters. The molecule has 4 nitrogen and oxygen atoms in total. The van der Waals surface area contributed by atoms with Crippen LogP contribution in [0.1, 0.15) is 38.0 Å². The van der Waals surface area contributed by atoms with E-state index < -0.39 is 0 Å². The fourth-order valence-electron chi connectivity index (χ4n) is 4.07. The van der Waals surface area contributed by atoms with Crippen molar-refractivity contribution in [2.45, 2.75) is 38.6 Å². The topological polar surface area (TPSA) is 42.2 Å². The summed E-state index contributed by atoms with van der Waals surface area (Å²) < 4.78 is 5.45. The van der Waals surface area contributed by atoms with Gasteiger partial charge in [0.25, 0.3) is 0 Å². The monoisotopic (exact) mass is 331 g/mol. The van der Waals surface area contributed by atoms with Crippen LogP contribution in [-0.4, -0.2) is 28.1 Å². The molecule has 2 aliphatic rings. The molecule has 1 saturated carbocycles. The highest BCUT2D eigenvalue weighted by atomic mass is 35.5. The van der Waals surface area contributed by atoms with Gasteiger partial charge in [-0.1, -0.05) is 48.2 Å². The second-order valence-electron chi connectivity index (χ2n) is 6.85. The Hall–Kier alpha value is -1.39. The van der Waals surface area contributed by atoms with E-state index in [0.717, 1.165) is 30.5 Å². The minimum atomic E-state index is 0.620. The number of fused-ring (bicyclic) bond motifs is 1. The molecule has 0 amide bonds. The summed E-state index contributed by atoms with van der Waals surface area (Å²) in [6, 6.07) is 7.57. The number of aromatic nitrogens is 2. The number of halogens is 1. The summed E-state index contributed by atoms with van der Waals surface area (Å²) in [6.07, 6.45) is 6.96. The maximum atomic E-state index is 6.03. The van der Waals surface area contributed by atoms with Crippen LogP contribution >= 0.6 is 11.6 Å². The van der Waals surface area contributed by atoms with Crippen molar-refractivity contribution in [1.29, 1.82) is 0 Å². The third-order valence-electron chi connectivity index (χ3n) is 5.29. The van der Waals surface area contributed by atoms with Crippen molar-refractivity contribution in [3.8, 4) is 11.4 Å². The molecule has 2 atom stereocenters. The Bertz CT molecular complexity index is 672. The number of benzene rings is 1. The lowest BCUT2D eigenvalue weighted by Crippen LogP contribution is -2.41. The Morgan fingerprint density at radius 1 is 1.17 bits per heavy atom. The average Bonchev–Trinajstić information content (AvgIpc) is 3.03. The van der Waals surface area contributed by atoms with E-state index in [0.29, 0.717) is 16.7 Å². The molecular weight excluding hydrogens is 310 g/mol. The lowest BCUT2D eigenvalue weighted by molar-refractivity contribution is 0.0747. The number of hydrogen-bond acceptors (Lipinski definition) is 4. The van der Waals surface area contributed by atoms with E-state index in [1.54, 1.807) is 0 Å². The Morgan fingerprint density at radius 2 is 2.04 bits per heavy atom. The molecule has 1 aromatic heterocycles. The Balaban J connectivity index is 1.42. The zero-order valence-corrected chi connectivity index (χ0v) is 14.0. The van der Waals surface area contributed by atoms with Gasteiger partial charge in [0.15, 0.2) is 0 Å². The lowest BCUT2D eigenvalue weighted by atomic mass is 9.75. The predicted octanol–water partition coefficient (Wildman–Crippen LogP) is 4.40. The Labute approximate surface area is 141 Å². The summed E-state index contributed by atoms with van der Waals surface area (Å²) in [5.74, 6) is 3.14. The van der Waals surface area contributed by atoms with Gasteiger partial charge in [0.05, 0.1) is 6.54 Å². The second-order valence-corrected chi connectivity index (χ2v) is 7.29. The molecule has 2 aromatic rings. The fraction of sp³-hybridized carbons (Fsp3) is 0.556. The molecule has 1 aliphatic carbocycles. The van der Waals surface area contributed by atoms with Gasteiger partial charge in [0, 0.05) is 17.1 Å². The summed E-state index contributed by atoms with van der Waals surface area (Å²) in [6.45, 7) is 3.09. The van der Waals surface area contributed by atoms with E-state index in [1.807, 2.05) is 24.3 Å². The molecule has 5 heteroatoms. The van der Waals surface area contributed by atoms with E-state index >= 15 is 0 Å². The fourth-order valence-corrected chi connectivity index (χ4v) is 4.27. The molecule has 0 spiro atoms. The second kappa shape index (κ2) is 6.62. The van der Waals surface area contributed by atoms with Crippen LogP contribution in [0.2, 0.25) is 5.02 Å². The third-order valence-corrected chi connectivity index (χ3v) is 5.52.